The molecule has 7 heteroatoms. The van der Waals surface area contributed by atoms with Crippen LogP contribution in [0.25, 0.3) is 0 Å². The number of carbonyl (C=O) groups is 1. The number of ether oxygens (including phenoxy) is 2. The van der Waals surface area contributed by atoms with Crippen LogP contribution in [0.1, 0.15) is 20.8 Å². The van der Waals surface area contributed by atoms with Gasteiger partial charge in [0.05, 0.1) is 13.2 Å². The molecule has 3 N–H and O–H groups in total. The Balaban J connectivity index is 0.000000298. The molecule has 7 nitrogen and oxygen atoms in total. The standard InChI is InChI=1S/C14H22N4O.C5H10O2/c15-12-9-13(17-3-1-16-2-4-17)11-14(10-12)18-5-7-19-8-6-18;1-5(2,3)7-4-6/h9-11,16H,1-8,15H2;4H,1-3H3. The first-order valence-corrected chi connectivity index (χ1v) is 9.19. The summed E-state index contributed by atoms with van der Waals surface area (Å²) in [5, 5.41) is 3.38. The lowest BCUT2D eigenvalue weighted by Crippen LogP contribution is -2.43. The second kappa shape index (κ2) is 9.64. The van der Waals surface area contributed by atoms with Crippen LogP contribution in [0.15, 0.2) is 18.2 Å². The Labute approximate surface area is 156 Å². The minimum atomic E-state index is -0.318. The van der Waals surface area contributed by atoms with E-state index in [9.17, 15) is 4.79 Å². The second-order valence-corrected chi connectivity index (χ2v) is 7.45. The van der Waals surface area contributed by atoms with E-state index in [0.717, 1.165) is 58.2 Å². The van der Waals surface area contributed by atoms with Crippen molar-refractivity contribution < 1.29 is 14.3 Å². The van der Waals surface area contributed by atoms with Gasteiger partial charge in [-0.2, -0.15) is 0 Å². The lowest BCUT2D eigenvalue weighted by atomic mass is 10.2. The molecule has 0 radical (unpaired) electrons. The first kappa shape index (κ1) is 20.3. The molecule has 0 unspecified atom stereocenters. The fraction of sp³-hybridized carbons (Fsp3) is 0.632. The van der Waals surface area contributed by atoms with E-state index >= 15 is 0 Å². The fourth-order valence-corrected chi connectivity index (χ4v) is 2.87. The molecule has 0 amide bonds. The van der Waals surface area contributed by atoms with Gasteiger partial charge in [0.15, 0.2) is 0 Å². The number of hydrogen-bond acceptors (Lipinski definition) is 7. The molecule has 2 aliphatic rings. The number of nitrogens with zero attached hydrogens (tertiary/aromatic N) is 2. The Morgan fingerprint density at radius 1 is 1.04 bits per heavy atom. The normalized spacial score (nSPS) is 18.0. The summed E-state index contributed by atoms with van der Waals surface area (Å²) < 4.78 is 9.96. The second-order valence-electron chi connectivity index (χ2n) is 7.45. The number of piperazine rings is 1. The quantitative estimate of drug-likeness (QED) is 0.621. The van der Waals surface area contributed by atoms with Crippen molar-refractivity contribution in [3.63, 3.8) is 0 Å². The Hall–Kier alpha value is -1.99. The molecular formula is C19H32N4O3. The number of morpholine rings is 1. The van der Waals surface area contributed by atoms with Crippen molar-refractivity contribution in [2.75, 3.05) is 68.0 Å². The van der Waals surface area contributed by atoms with Crippen molar-refractivity contribution in [1.82, 2.24) is 5.32 Å². The lowest BCUT2D eigenvalue weighted by molar-refractivity contribution is -0.138. The molecule has 2 aliphatic heterocycles. The molecule has 2 fully saturated rings. The van der Waals surface area contributed by atoms with Crippen LogP contribution in [0.3, 0.4) is 0 Å². The molecule has 0 aliphatic carbocycles. The van der Waals surface area contributed by atoms with E-state index < -0.39 is 0 Å². The zero-order valence-corrected chi connectivity index (χ0v) is 16.2. The number of carbonyl (C=O) groups excluding carboxylic acids is 1. The van der Waals surface area contributed by atoms with Crippen molar-refractivity contribution in [2.45, 2.75) is 26.4 Å². The van der Waals surface area contributed by atoms with Crippen molar-refractivity contribution in [3.8, 4) is 0 Å². The van der Waals surface area contributed by atoms with Crippen LogP contribution in [0, 0.1) is 0 Å². The highest BCUT2D eigenvalue weighted by atomic mass is 16.5. The third-order valence-electron chi connectivity index (χ3n) is 4.18. The van der Waals surface area contributed by atoms with Crippen molar-refractivity contribution >= 4 is 23.5 Å². The average molecular weight is 364 g/mol. The predicted molar refractivity (Wildman–Crippen MR) is 106 cm³/mol. The van der Waals surface area contributed by atoms with E-state index in [1.54, 1.807) is 0 Å². The predicted octanol–water partition coefficient (Wildman–Crippen LogP) is 1.47. The SMILES string of the molecule is CC(C)(C)OC=O.Nc1cc(N2CCNCC2)cc(N2CCOCC2)c1. The van der Waals surface area contributed by atoms with Crippen LogP contribution in [-0.4, -0.2) is 64.6 Å². The molecule has 0 bridgehead atoms. The van der Waals surface area contributed by atoms with Crippen LogP contribution in [0.2, 0.25) is 0 Å². The summed E-state index contributed by atoms with van der Waals surface area (Å²) in [4.78, 5) is 14.4. The molecule has 3 rings (SSSR count). The van der Waals surface area contributed by atoms with Gasteiger partial charge >= 0.3 is 0 Å². The van der Waals surface area contributed by atoms with Gasteiger partial charge in [0.2, 0.25) is 0 Å². The van der Waals surface area contributed by atoms with Gasteiger partial charge in [-0.3, -0.25) is 4.79 Å². The number of rotatable bonds is 3. The summed E-state index contributed by atoms with van der Waals surface area (Å²) in [6, 6.07) is 6.40. The third kappa shape index (κ3) is 6.72. The Bertz CT molecular complexity index is 526. The largest absolute Gasteiger partial charge is 0.462 e. The van der Waals surface area contributed by atoms with Crippen LogP contribution >= 0.6 is 0 Å². The van der Waals surface area contributed by atoms with Crippen LogP contribution in [0.4, 0.5) is 17.1 Å². The van der Waals surface area contributed by atoms with E-state index in [1.165, 1.54) is 11.4 Å². The number of anilines is 3. The highest BCUT2D eigenvalue weighted by Gasteiger charge is 2.15. The maximum atomic E-state index is 9.60. The maximum absolute atomic E-state index is 9.60. The van der Waals surface area contributed by atoms with Gasteiger partial charge in [-0.05, 0) is 39.0 Å². The Kier molecular flexibility index (Phi) is 7.53. The van der Waals surface area contributed by atoms with Crippen molar-refractivity contribution in [3.05, 3.63) is 18.2 Å². The topological polar surface area (TPSA) is 80.1 Å². The summed E-state index contributed by atoms with van der Waals surface area (Å²) in [7, 11) is 0. The van der Waals surface area contributed by atoms with Gasteiger partial charge in [-0.25, -0.2) is 0 Å². The highest BCUT2D eigenvalue weighted by molar-refractivity contribution is 5.67. The minimum absolute atomic E-state index is 0.318. The monoisotopic (exact) mass is 364 g/mol. The summed E-state index contributed by atoms with van der Waals surface area (Å²) in [6.07, 6.45) is 0. The average Bonchev–Trinajstić information content (AvgIpc) is 2.62. The molecule has 0 saturated carbocycles. The number of nitrogens with two attached hydrogens (primary N) is 1. The van der Waals surface area contributed by atoms with Crippen molar-refractivity contribution in [2.24, 2.45) is 0 Å². The summed E-state index contributed by atoms with van der Waals surface area (Å²) in [6.45, 7) is 13.6. The molecular weight excluding hydrogens is 332 g/mol. The van der Waals surface area contributed by atoms with E-state index in [1.807, 2.05) is 20.8 Å². The Morgan fingerprint density at radius 3 is 2.04 bits per heavy atom. The molecule has 2 heterocycles. The summed E-state index contributed by atoms with van der Waals surface area (Å²) in [5.41, 5.74) is 9.06. The van der Waals surface area contributed by atoms with Gasteiger partial charge in [0.25, 0.3) is 6.47 Å². The van der Waals surface area contributed by atoms with Gasteiger partial charge in [-0.1, -0.05) is 0 Å². The van der Waals surface area contributed by atoms with Gasteiger partial charge < -0.3 is 30.3 Å². The zero-order valence-electron chi connectivity index (χ0n) is 16.2. The zero-order chi connectivity index (χ0) is 19.0. The molecule has 1 aromatic rings. The van der Waals surface area contributed by atoms with Gasteiger partial charge in [0.1, 0.15) is 5.60 Å². The fourth-order valence-electron chi connectivity index (χ4n) is 2.87. The molecule has 0 atom stereocenters. The first-order chi connectivity index (χ1) is 12.4. The number of nitrogens with one attached hydrogen (secondary N) is 1. The molecule has 146 valence electrons. The Morgan fingerprint density at radius 2 is 1.58 bits per heavy atom. The van der Waals surface area contributed by atoms with Crippen LogP contribution in [-0.2, 0) is 14.3 Å². The maximum Gasteiger partial charge on any atom is 0.293 e. The third-order valence-corrected chi connectivity index (χ3v) is 4.18. The van der Waals surface area contributed by atoms with Gasteiger partial charge in [0, 0.05) is 56.3 Å². The molecule has 0 aromatic heterocycles. The molecule has 2 saturated heterocycles. The molecule has 0 spiro atoms. The van der Waals surface area contributed by atoms with E-state index in [4.69, 9.17) is 10.5 Å². The van der Waals surface area contributed by atoms with E-state index in [-0.39, 0.29) is 5.60 Å². The van der Waals surface area contributed by atoms with E-state index in [2.05, 4.69) is 38.1 Å². The van der Waals surface area contributed by atoms with Gasteiger partial charge in [-0.15, -0.1) is 0 Å². The first-order valence-electron chi connectivity index (χ1n) is 9.19. The minimum Gasteiger partial charge on any atom is -0.462 e. The molecule has 1 aromatic carbocycles. The summed E-state index contributed by atoms with van der Waals surface area (Å²) >= 11 is 0. The highest BCUT2D eigenvalue weighted by Crippen LogP contribution is 2.27. The number of nitrogen functional groups attached to an aromatic ring is 1. The smallest absolute Gasteiger partial charge is 0.293 e. The van der Waals surface area contributed by atoms with Crippen LogP contribution < -0.4 is 20.9 Å². The van der Waals surface area contributed by atoms with Crippen LogP contribution in [0.5, 0.6) is 0 Å². The lowest BCUT2D eigenvalue weighted by Gasteiger charge is -2.33. The van der Waals surface area contributed by atoms with E-state index in [0.29, 0.717) is 6.47 Å². The number of hydrogen-bond donors (Lipinski definition) is 2. The summed E-state index contributed by atoms with van der Waals surface area (Å²) in [5.74, 6) is 0. The number of benzene rings is 1. The molecule has 26 heavy (non-hydrogen) atoms. The van der Waals surface area contributed by atoms with Crippen molar-refractivity contribution in [1.29, 1.82) is 0 Å².